The van der Waals surface area contributed by atoms with E-state index in [0.29, 0.717) is 50.6 Å². The molecule has 4 rings (SSSR count). The molecule has 2 aromatic heterocycles. The Morgan fingerprint density at radius 1 is 1.34 bits per heavy atom. The highest BCUT2D eigenvalue weighted by molar-refractivity contribution is 5.80. The Balaban J connectivity index is 1.53. The van der Waals surface area contributed by atoms with E-state index in [0.717, 1.165) is 36.1 Å². The van der Waals surface area contributed by atoms with Crippen molar-refractivity contribution in [3.63, 3.8) is 0 Å². The van der Waals surface area contributed by atoms with Gasteiger partial charge in [0.25, 0.3) is 5.56 Å². The van der Waals surface area contributed by atoms with Crippen molar-refractivity contribution in [2.75, 3.05) is 26.4 Å². The Bertz CT molecular complexity index is 1080. The lowest BCUT2D eigenvalue weighted by atomic mass is 10.1. The van der Waals surface area contributed by atoms with Crippen LogP contribution in [0.4, 0.5) is 0 Å². The minimum Gasteiger partial charge on any atom is -0.494 e. The summed E-state index contributed by atoms with van der Waals surface area (Å²) in [6.45, 7) is 5.48. The predicted octanol–water partition coefficient (Wildman–Crippen LogP) is 1.48. The van der Waals surface area contributed by atoms with Crippen molar-refractivity contribution in [2.45, 2.75) is 51.9 Å². The first-order chi connectivity index (χ1) is 15.7. The highest BCUT2D eigenvalue weighted by Gasteiger charge is 2.20. The maximum absolute atomic E-state index is 12.7. The van der Waals surface area contributed by atoms with Gasteiger partial charge in [-0.1, -0.05) is 0 Å². The van der Waals surface area contributed by atoms with Crippen LogP contribution in [0.15, 0.2) is 29.1 Å². The van der Waals surface area contributed by atoms with Gasteiger partial charge >= 0.3 is 0 Å². The van der Waals surface area contributed by atoms with Gasteiger partial charge in [0.15, 0.2) is 5.82 Å². The third-order valence-electron chi connectivity index (χ3n) is 5.60. The van der Waals surface area contributed by atoms with Gasteiger partial charge in [0.2, 0.25) is 0 Å². The van der Waals surface area contributed by atoms with Crippen LogP contribution in [0.3, 0.4) is 0 Å². The molecule has 0 spiro atoms. The summed E-state index contributed by atoms with van der Waals surface area (Å²) < 4.78 is 13.1. The number of benzene rings is 1. The van der Waals surface area contributed by atoms with Gasteiger partial charge in [-0.25, -0.2) is 4.68 Å². The van der Waals surface area contributed by atoms with Gasteiger partial charge in [-0.2, -0.15) is 0 Å². The number of fused-ring (bicyclic) bond motifs is 1. The summed E-state index contributed by atoms with van der Waals surface area (Å²) >= 11 is 0. The number of nitrogens with one attached hydrogen (secondary N) is 1. The summed E-state index contributed by atoms with van der Waals surface area (Å²) in [5, 5.41) is 22.4. The molecule has 1 fully saturated rings. The van der Waals surface area contributed by atoms with Crippen LogP contribution in [-0.4, -0.2) is 67.7 Å². The van der Waals surface area contributed by atoms with Crippen molar-refractivity contribution >= 4 is 10.9 Å². The fraction of sp³-hybridized carbons (Fsp3) is 0.545. The SMILES string of the molecule is CCOc1ccc2[nH]c(=O)c(CN(CCCO)Cc3nnnn3CC3CCCO3)cc2c1. The Labute approximate surface area is 186 Å². The monoisotopic (exact) mass is 442 g/mol. The van der Waals surface area contributed by atoms with Crippen LogP contribution in [0, 0.1) is 0 Å². The molecule has 1 aliphatic rings. The van der Waals surface area contributed by atoms with E-state index < -0.39 is 0 Å². The topological polar surface area (TPSA) is 118 Å². The van der Waals surface area contributed by atoms with Crippen LogP contribution >= 0.6 is 0 Å². The molecule has 0 amide bonds. The number of aliphatic hydroxyl groups excluding tert-OH is 1. The molecule has 0 saturated carbocycles. The van der Waals surface area contributed by atoms with Gasteiger partial charge in [-0.05, 0) is 60.9 Å². The molecule has 1 aliphatic heterocycles. The van der Waals surface area contributed by atoms with Crippen molar-refractivity contribution in [1.29, 1.82) is 0 Å². The van der Waals surface area contributed by atoms with Gasteiger partial charge in [0.05, 0.1) is 25.8 Å². The van der Waals surface area contributed by atoms with E-state index in [2.05, 4.69) is 25.4 Å². The summed E-state index contributed by atoms with van der Waals surface area (Å²) in [6, 6.07) is 7.54. The lowest BCUT2D eigenvalue weighted by Gasteiger charge is -2.21. The van der Waals surface area contributed by atoms with Crippen molar-refractivity contribution in [2.24, 2.45) is 0 Å². The molecule has 172 valence electrons. The normalized spacial score (nSPS) is 16.3. The number of H-pyrrole nitrogens is 1. The van der Waals surface area contributed by atoms with Gasteiger partial charge in [-0.3, -0.25) is 9.69 Å². The molecule has 0 bridgehead atoms. The van der Waals surface area contributed by atoms with E-state index in [9.17, 15) is 9.90 Å². The average molecular weight is 443 g/mol. The molecular formula is C22H30N6O4. The number of hydrogen-bond acceptors (Lipinski definition) is 8. The molecule has 1 atom stereocenters. The van der Waals surface area contributed by atoms with Crippen molar-refractivity contribution in [1.82, 2.24) is 30.1 Å². The van der Waals surface area contributed by atoms with Crippen LogP contribution in [0.2, 0.25) is 0 Å². The number of nitrogens with zero attached hydrogens (tertiary/aromatic N) is 5. The molecule has 0 radical (unpaired) electrons. The lowest BCUT2D eigenvalue weighted by Crippen LogP contribution is -2.30. The fourth-order valence-electron chi connectivity index (χ4n) is 4.01. The smallest absolute Gasteiger partial charge is 0.252 e. The summed E-state index contributed by atoms with van der Waals surface area (Å²) in [4.78, 5) is 17.8. The molecule has 10 heteroatoms. The Morgan fingerprint density at radius 3 is 3.03 bits per heavy atom. The molecule has 32 heavy (non-hydrogen) atoms. The zero-order valence-corrected chi connectivity index (χ0v) is 18.4. The number of rotatable bonds is 11. The first-order valence-corrected chi connectivity index (χ1v) is 11.1. The van der Waals surface area contributed by atoms with Crippen LogP contribution in [0.5, 0.6) is 5.75 Å². The molecule has 2 N–H and O–H groups in total. The van der Waals surface area contributed by atoms with Crippen LogP contribution < -0.4 is 10.3 Å². The molecule has 1 aromatic carbocycles. The van der Waals surface area contributed by atoms with Gasteiger partial charge < -0.3 is 19.6 Å². The Morgan fingerprint density at radius 2 is 2.25 bits per heavy atom. The van der Waals surface area contributed by atoms with Gasteiger partial charge in [0, 0.05) is 42.8 Å². The number of aromatic amines is 1. The highest BCUT2D eigenvalue weighted by atomic mass is 16.5. The van der Waals surface area contributed by atoms with Crippen molar-refractivity contribution < 1.29 is 14.6 Å². The second kappa shape index (κ2) is 10.7. The number of aliphatic hydroxyl groups is 1. The molecule has 3 heterocycles. The lowest BCUT2D eigenvalue weighted by molar-refractivity contribution is 0.0915. The summed E-state index contributed by atoms with van der Waals surface area (Å²) in [5.74, 6) is 1.48. The van der Waals surface area contributed by atoms with E-state index in [4.69, 9.17) is 9.47 Å². The van der Waals surface area contributed by atoms with E-state index in [-0.39, 0.29) is 18.3 Å². The molecule has 1 saturated heterocycles. The second-order valence-corrected chi connectivity index (χ2v) is 8.01. The summed E-state index contributed by atoms with van der Waals surface area (Å²) in [7, 11) is 0. The zero-order valence-electron chi connectivity index (χ0n) is 18.4. The van der Waals surface area contributed by atoms with E-state index >= 15 is 0 Å². The number of aromatic nitrogens is 5. The zero-order chi connectivity index (χ0) is 22.3. The van der Waals surface area contributed by atoms with E-state index in [1.807, 2.05) is 31.2 Å². The molecule has 3 aromatic rings. The number of ether oxygens (including phenoxy) is 2. The second-order valence-electron chi connectivity index (χ2n) is 8.01. The number of pyridine rings is 1. The predicted molar refractivity (Wildman–Crippen MR) is 118 cm³/mol. The van der Waals surface area contributed by atoms with Gasteiger partial charge in [0.1, 0.15) is 5.75 Å². The Hall–Kier alpha value is -2.82. The van der Waals surface area contributed by atoms with Crippen LogP contribution in [-0.2, 0) is 24.4 Å². The standard InChI is InChI=1S/C22H30N6O4/c1-2-31-18-6-7-20-16(12-18)11-17(22(30)23-20)13-27(8-4-9-29)15-21-24-25-26-28(21)14-19-5-3-10-32-19/h6-7,11-12,19,29H,2-5,8-10,13-15H2,1H3,(H,23,30). The number of tetrazole rings is 1. The highest BCUT2D eigenvalue weighted by Crippen LogP contribution is 2.20. The van der Waals surface area contributed by atoms with E-state index in [1.165, 1.54) is 0 Å². The first-order valence-electron chi connectivity index (χ1n) is 11.1. The maximum Gasteiger partial charge on any atom is 0.252 e. The fourth-order valence-corrected chi connectivity index (χ4v) is 4.01. The van der Waals surface area contributed by atoms with E-state index in [1.54, 1.807) is 4.68 Å². The largest absolute Gasteiger partial charge is 0.494 e. The molecule has 1 unspecified atom stereocenters. The molecule has 0 aliphatic carbocycles. The quantitative estimate of drug-likeness (QED) is 0.458. The van der Waals surface area contributed by atoms with Gasteiger partial charge in [-0.15, -0.1) is 5.10 Å². The van der Waals surface area contributed by atoms with Crippen molar-refractivity contribution in [3.8, 4) is 5.75 Å². The molecule has 10 nitrogen and oxygen atoms in total. The van der Waals surface area contributed by atoms with Crippen molar-refractivity contribution in [3.05, 3.63) is 46.0 Å². The third kappa shape index (κ3) is 5.50. The Kier molecular flexibility index (Phi) is 7.46. The average Bonchev–Trinajstić information content (AvgIpc) is 3.45. The third-order valence-corrected chi connectivity index (χ3v) is 5.60. The first kappa shape index (κ1) is 22.4. The number of hydrogen-bond donors (Lipinski definition) is 2. The summed E-state index contributed by atoms with van der Waals surface area (Å²) in [6.07, 6.45) is 2.78. The van der Waals surface area contributed by atoms with Crippen LogP contribution in [0.25, 0.3) is 10.9 Å². The van der Waals surface area contributed by atoms with Crippen LogP contribution in [0.1, 0.15) is 37.6 Å². The minimum absolute atomic E-state index is 0.0726. The maximum atomic E-state index is 12.7. The minimum atomic E-state index is -0.130. The molecular weight excluding hydrogens is 412 g/mol. The summed E-state index contributed by atoms with van der Waals surface area (Å²) in [5.41, 5.74) is 1.28.